The van der Waals surface area contributed by atoms with Crippen LogP contribution in [0.15, 0.2) is 24.3 Å². The second-order valence-electron chi connectivity index (χ2n) is 24.4. The van der Waals surface area contributed by atoms with E-state index in [0.29, 0.717) is 23.9 Å². The van der Waals surface area contributed by atoms with Gasteiger partial charge in [-0.15, -0.1) is 0 Å². The molecule has 0 aromatic rings. The van der Waals surface area contributed by atoms with Crippen LogP contribution in [-0.4, -0.2) is 74.3 Å². The predicted molar refractivity (Wildman–Crippen MR) is 333 cm³/mol. The van der Waals surface area contributed by atoms with E-state index in [1.807, 2.05) is 33.3 Å². The third-order valence-corrected chi connectivity index (χ3v) is 16.4. The fourth-order valence-corrected chi connectivity index (χ4v) is 10.9. The first-order chi connectivity index (χ1) is 37.4. The van der Waals surface area contributed by atoms with Crippen molar-refractivity contribution in [3.63, 3.8) is 0 Å². The minimum absolute atomic E-state index is 0.0433. The summed E-state index contributed by atoms with van der Waals surface area (Å²) < 4.78 is 30.7. The molecule has 0 saturated heterocycles. The Bertz CT molecular complexity index is 1370. The molecule has 0 spiro atoms. The van der Waals surface area contributed by atoms with E-state index in [-0.39, 0.29) is 25.1 Å². The minimum Gasteiger partial charge on any atom is -0.456 e. The van der Waals surface area contributed by atoms with Crippen LogP contribution >= 0.6 is 7.82 Å². The van der Waals surface area contributed by atoms with Crippen molar-refractivity contribution >= 4 is 19.7 Å². The molecule has 0 aliphatic heterocycles. The number of nitrogens with one attached hydrogen (secondary N) is 1. The number of nitrogens with zero attached hydrogens (tertiary/aromatic N) is 1. The Morgan fingerprint density at radius 3 is 1.10 bits per heavy atom. The molecular formula is C67H132N2O7P+. The fourth-order valence-electron chi connectivity index (χ4n) is 10.2. The third kappa shape index (κ3) is 58.9. The molecule has 3 atom stereocenters. The number of carbonyl (C=O) groups excluding carboxylic acids is 2. The van der Waals surface area contributed by atoms with Crippen LogP contribution in [0.1, 0.15) is 342 Å². The summed E-state index contributed by atoms with van der Waals surface area (Å²) in [6, 6.07) is -0.844. The molecule has 1 amide bonds. The maximum atomic E-state index is 13.6. The SMILES string of the molecule is CCCCCCCC/C=C/CCCCCCCCCC(=O)OC(/C=C/CCCCCCCCCCC)C(COP(=O)(O)OCC[N+](C)(C)C)NC(=O)CCCCCCCCCCCCCCCCCCCCCCCCC. The van der Waals surface area contributed by atoms with Gasteiger partial charge in [0.1, 0.15) is 19.3 Å². The van der Waals surface area contributed by atoms with Crippen molar-refractivity contribution in [3.05, 3.63) is 24.3 Å². The van der Waals surface area contributed by atoms with Gasteiger partial charge in [-0.25, -0.2) is 4.57 Å². The maximum absolute atomic E-state index is 13.6. The van der Waals surface area contributed by atoms with Gasteiger partial charge in [0.05, 0.1) is 33.8 Å². The largest absolute Gasteiger partial charge is 0.472 e. The first-order valence-electron chi connectivity index (χ1n) is 33.7. The number of likely N-dealkylation sites (N-methyl/N-ethyl adjacent to an activating group) is 1. The van der Waals surface area contributed by atoms with Crippen LogP contribution in [0, 0.1) is 0 Å². The Labute approximate surface area is 479 Å². The first-order valence-corrected chi connectivity index (χ1v) is 35.2. The number of hydrogen-bond donors (Lipinski definition) is 2. The van der Waals surface area contributed by atoms with E-state index >= 15 is 0 Å². The molecule has 0 aliphatic rings. The Morgan fingerprint density at radius 1 is 0.442 bits per heavy atom. The molecule has 0 radical (unpaired) electrons. The van der Waals surface area contributed by atoms with Crippen LogP contribution in [0.25, 0.3) is 0 Å². The second kappa shape index (κ2) is 57.7. The number of unbranched alkanes of at least 4 members (excludes halogenated alkanes) is 44. The Hall–Kier alpha value is -1.51. The number of allylic oxidation sites excluding steroid dienone is 3. The van der Waals surface area contributed by atoms with Gasteiger partial charge >= 0.3 is 13.8 Å². The average molecular weight is 1110 g/mol. The molecule has 0 rings (SSSR count). The van der Waals surface area contributed by atoms with Crippen LogP contribution in [0.2, 0.25) is 0 Å². The molecule has 10 heteroatoms. The highest BCUT2D eigenvalue weighted by atomic mass is 31.2. The van der Waals surface area contributed by atoms with Crippen molar-refractivity contribution in [1.82, 2.24) is 5.32 Å². The van der Waals surface area contributed by atoms with Crippen LogP contribution in [-0.2, 0) is 27.9 Å². The molecule has 0 fully saturated rings. The maximum Gasteiger partial charge on any atom is 0.472 e. The number of amides is 1. The van der Waals surface area contributed by atoms with Crippen LogP contribution in [0.5, 0.6) is 0 Å². The summed E-state index contributed by atoms with van der Waals surface area (Å²) in [5.41, 5.74) is 0. The summed E-state index contributed by atoms with van der Waals surface area (Å²) in [5, 5.41) is 3.07. The fraction of sp³-hybridized carbons (Fsp3) is 0.910. The first kappa shape index (κ1) is 75.5. The van der Waals surface area contributed by atoms with E-state index in [9.17, 15) is 19.0 Å². The summed E-state index contributed by atoms with van der Waals surface area (Å²) >= 11 is 0. The van der Waals surface area contributed by atoms with E-state index in [2.05, 4.69) is 38.2 Å². The summed E-state index contributed by atoms with van der Waals surface area (Å²) in [6.45, 7) is 7.06. The molecular weight excluding hydrogens is 976 g/mol. The van der Waals surface area contributed by atoms with Gasteiger partial charge in [-0.05, 0) is 57.4 Å². The quantitative estimate of drug-likeness (QED) is 0.0205. The molecule has 0 aromatic carbocycles. The normalized spacial score (nSPS) is 13.7. The van der Waals surface area contributed by atoms with Crippen molar-refractivity contribution in [2.75, 3.05) is 40.9 Å². The third-order valence-electron chi connectivity index (χ3n) is 15.4. The predicted octanol–water partition coefficient (Wildman–Crippen LogP) is 20.9. The van der Waals surface area contributed by atoms with Gasteiger partial charge in [0.25, 0.3) is 0 Å². The zero-order chi connectivity index (χ0) is 56.4. The van der Waals surface area contributed by atoms with Crippen molar-refractivity contribution < 1.29 is 37.3 Å². The number of rotatable bonds is 62. The highest BCUT2D eigenvalue weighted by Gasteiger charge is 2.30. The number of phosphoric acid groups is 1. The standard InChI is InChI=1S/C67H131N2O7P/c1-7-10-13-16-19-22-25-27-29-31-32-33-34-35-36-38-39-41-44-47-50-53-56-59-66(70)68-64(63-75-77(72,73)74-62-61-69(4,5)6)65(58-55-52-49-46-43-24-21-18-15-12-9-3)76-67(71)60-57-54-51-48-45-42-40-37-30-28-26-23-20-17-14-11-8-2/h28,30,55,58,64-65H,7-27,29,31-54,56-57,59-63H2,1-6H3,(H-,68,70,72,73)/p+1/b30-28+,58-55+. The van der Waals surface area contributed by atoms with E-state index in [1.54, 1.807) is 0 Å². The summed E-state index contributed by atoms with van der Waals surface area (Å²) in [7, 11) is 1.51. The average Bonchev–Trinajstić information content (AvgIpc) is 3.39. The molecule has 0 heterocycles. The van der Waals surface area contributed by atoms with Gasteiger partial charge in [0, 0.05) is 12.8 Å². The monoisotopic (exact) mass is 1110 g/mol. The van der Waals surface area contributed by atoms with E-state index in [0.717, 1.165) is 57.8 Å². The smallest absolute Gasteiger partial charge is 0.456 e. The van der Waals surface area contributed by atoms with Gasteiger partial charge in [0.2, 0.25) is 5.91 Å². The van der Waals surface area contributed by atoms with E-state index in [1.165, 1.54) is 250 Å². The molecule has 9 nitrogen and oxygen atoms in total. The lowest BCUT2D eigenvalue weighted by atomic mass is 10.0. The van der Waals surface area contributed by atoms with Crippen LogP contribution < -0.4 is 5.32 Å². The molecule has 0 aliphatic carbocycles. The van der Waals surface area contributed by atoms with E-state index in [4.69, 9.17) is 13.8 Å². The molecule has 2 N–H and O–H groups in total. The highest BCUT2D eigenvalue weighted by molar-refractivity contribution is 7.47. The van der Waals surface area contributed by atoms with Gasteiger partial charge in [-0.3, -0.25) is 18.6 Å². The molecule has 77 heavy (non-hydrogen) atoms. The number of quaternary nitrogens is 1. The van der Waals surface area contributed by atoms with Crippen molar-refractivity contribution in [1.29, 1.82) is 0 Å². The molecule has 0 saturated carbocycles. The Morgan fingerprint density at radius 2 is 0.753 bits per heavy atom. The number of esters is 1. The second-order valence-corrected chi connectivity index (χ2v) is 25.8. The van der Waals surface area contributed by atoms with Gasteiger partial charge in [0.15, 0.2) is 0 Å². The lowest BCUT2D eigenvalue weighted by molar-refractivity contribution is -0.870. The Balaban J connectivity index is 5.05. The van der Waals surface area contributed by atoms with Crippen molar-refractivity contribution in [2.45, 2.75) is 354 Å². The number of ether oxygens (including phenoxy) is 1. The number of hydrogen-bond acceptors (Lipinski definition) is 6. The van der Waals surface area contributed by atoms with Gasteiger partial charge < -0.3 is 19.4 Å². The van der Waals surface area contributed by atoms with E-state index < -0.39 is 20.0 Å². The lowest BCUT2D eigenvalue weighted by Gasteiger charge is -2.27. The number of carbonyl (C=O) groups is 2. The number of phosphoric ester groups is 1. The molecule has 0 bridgehead atoms. The minimum atomic E-state index is -4.44. The van der Waals surface area contributed by atoms with Crippen LogP contribution in [0.3, 0.4) is 0 Å². The summed E-state index contributed by atoms with van der Waals surface area (Å²) in [6.07, 6.45) is 69.0. The van der Waals surface area contributed by atoms with Gasteiger partial charge in [-0.2, -0.15) is 0 Å². The zero-order valence-electron chi connectivity index (χ0n) is 52.2. The summed E-state index contributed by atoms with van der Waals surface area (Å²) in [4.78, 5) is 37.8. The Kier molecular flexibility index (Phi) is 56.6. The molecule has 456 valence electrons. The van der Waals surface area contributed by atoms with Crippen molar-refractivity contribution in [2.24, 2.45) is 0 Å². The van der Waals surface area contributed by atoms with Crippen molar-refractivity contribution in [3.8, 4) is 0 Å². The molecule has 3 unspecified atom stereocenters. The highest BCUT2D eigenvalue weighted by Crippen LogP contribution is 2.43. The van der Waals surface area contributed by atoms with Gasteiger partial charge in [-0.1, -0.05) is 296 Å². The summed E-state index contributed by atoms with van der Waals surface area (Å²) in [5.74, 6) is -0.491. The molecule has 0 aromatic heterocycles. The zero-order valence-corrected chi connectivity index (χ0v) is 53.1. The van der Waals surface area contributed by atoms with Crippen LogP contribution in [0.4, 0.5) is 0 Å². The topological polar surface area (TPSA) is 111 Å². The lowest BCUT2D eigenvalue weighted by Crippen LogP contribution is -2.47.